The Labute approximate surface area is 192 Å². The maximum Gasteiger partial charge on any atom is 0.268 e. The van der Waals surface area contributed by atoms with Crippen LogP contribution < -0.4 is 5.32 Å². The Hall–Kier alpha value is -3.84. The molecule has 0 radical (unpaired) electrons. The standard InChI is InChI=1S/C22H17ClF2N6O2/c23-15-4-6-30-12-16(29-19(30)7-15)2-1-14-10-27-5-3-18(14)21(33)28-11-20(32)31-13-22(24,25)8-17(31)9-26/h1-7,10,12,17H,8,11,13H2,(H,28,33). The van der Waals surface area contributed by atoms with E-state index in [1.54, 1.807) is 47.1 Å². The Kier molecular flexibility index (Phi) is 6.07. The van der Waals surface area contributed by atoms with Crippen molar-refractivity contribution in [3.63, 3.8) is 0 Å². The van der Waals surface area contributed by atoms with Crippen LogP contribution in [0.1, 0.15) is 28.0 Å². The number of aromatic nitrogens is 3. The summed E-state index contributed by atoms with van der Waals surface area (Å²) in [5, 5.41) is 12.0. The van der Waals surface area contributed by atoms with Gasteiger partial charge in [0.1, 0.15) is 11.7 Å². The summed E-state index contributed by atoms with van der Waals surface area (Å²) < 4.78 is 28.9. The van der Waals surface area contributed by atoms with Gasteiger partial charge in [0.05, 0.1) is 24.9 Å². The predicted octanol–water partition coefficient (Wildman–Crippen LogP) is 3.04. The summed E-state index contributed by atoms with van der Waals surface area (Å²) in [6.45, 7) is -1.35. The zero-order valence-corrected chi connectivity index (χ0v) is 17.8. The second kappa shape index (κ2) is 8.96. The van der Waals surface area contributed by atoms with Crippen molar-refractivity contribution in [2.75, 3.05) is 13.1 Å². The first-order valence-electron chi connectivity index (χ1n) is 9.87. The molecule has 2 amide bonds. The molecule has 0 saturated carbocycles. The number of halogens is 3. The third-order valence-corrected chi connectivity index (χ3v) is 5.35. The van der Waals surface area contributed by atoms with Crippen LogP contribution in [0.25, 0.3) is 17.8 Å². The lowest BCUT2D eigenvalue weighted by Crippen LogP contribution is -2.43. The Morgan fingerprint density at radius 1 is 1.36 bits per heavy atom. The van der Waals surface area contributed by atoms with E-state index in [1.807, 2.05) is 0 Å². The summed E-state index contributed by atoms with van der Waals surface area (Å²) in [5.41, 5.74) is 2.00. The van der Waals surface area contributed by atoms with Crippen LogP contribution in [0.15, 0.2) is 43.0 Å². The summed E-state index contributed by atoms with van der Waals surface area (Å²) in [6.07, 6.45) is 9.10. The predicted molar refractivity (Wildman–Crippen MR) is 116 cm³/mol. The quantitative estimate of drug-likeness (QED) is 0.617. The van der Waals surface area contributed by atoms with Gasteiger partial charge in [0.25, 0.3) is 11.8 Å². The Balaban J connectivity index is 1.45. The molecule has 0 spiro atoms. The van der Waals surface area contributed by atoms with Gasteiger partial charge in [0, 0.05) is 53.4 Å². The molecule has 1 N–H and O–H groups in total. The molecule has 168 valence electrons. The maximum absolute atomic E-state index is 13.6. The van der Waals surface area contributed by atoms with Gasteiger partial charge in [-0.1, -0.05) is 17.7 Å². The number of amides is 2. The molecule has 1 unspecified atom stereocenters. The van der Waals surface area contributed by atoms with Gasteiger partial charge in [-0.25, -0.2) is 13.8 Å². The first-order valence-corrected chi connectivity index (χ1v) is 10.2. The monoisotopic (exact) mass is 470 g/mol. The number of likely N-dealkylation sites (tertiary alicyclic amines) is 1. The van der Waals surface area contributed by atoms with Crippen LogP contribution in [-0.4, -0.2) is 56.1 Å². The fraction of sp³-hybridized carbons (Fsp3) is 0.227. The average Bonchev–Trinajstić information content (AvgIpc) is 3.34. The number of nitrogens with one attached hydrogen (secondary N) is 1. The number of rotatable bonds is 5. The SMILES string of the molecule is N#CC1CC(F)(F)CN1C(=O)CNC(=O)c1ccncc1C=Cc1cn2ccc(Cl)cc2n1. The van der Waals surface area contributed by atoms with Gasteiger partial charge in [-0.2, -0.15) is 5.26 Å². The minimum absolute atomic E-state index is 0.240. The van der Waals surface area contributed by atoms with Gasteiger partial charge in [0.2, 0.25) is 5.91 Å². The highest BCUT2D eigenvalue weighted by molar-refractivity contribution is 6.30. The molecule has 0 aliphatic carbocycles. The van der Waals surface area contributed by atoms with E-state index < -0.39 is 43.3 Å². The molecular weight excluding hydrogens is 454 g/mol. The van der Waals surface area contributed by atoms with Crippen molar-refractivity contribution in [3.8, 4) is 6.07 Å². The molecule has 3 aromatic rings. The second-order valence-electron chi connectivity index (χ2n) is 7.48. The molecule has 3 aromatic heterocycles. The summed E-state index contributed by atoms with van der Waals surface area (Å²) in [6, 6.07) is 5.41. The highest BCUT2D eigenvalue weighted by Crippen LogP contribution is 2.31. The van der Waals surface area contributed by atoms with E-state index >= 15 is 0 Å². The average molecular weight is 471 g/mol. The molecule has 1 aliphatic heterocycles. The number of pyridine rings is 2. The van der Waals surface area contributed by atoms with Gasteiger partial charge in [-0.05, 0) is 18.2 Å². The topological polar surface area (TPSA) is 103 Å². The van der Waals surface area contributed by atoms with Crippen molar-refractivity contribution < 1.29 is 18.4 Å². The molecule has 4 rings (SSSR count). The van der Waals surface area contributed by atoms with Gasteiger partial charge in [-0.3, -0.25) is 14.6 Å². The summed E-state index contributed by atoms with van der Waals surface area (Å²) >= 11 is 5.98. The van der Waals surface area contributed by atoms with Gasteiger partial charge < -0.3 is 14.6 Å². The van der Waals surface area contributed by atoms with E-state index in [1.165, 1.54) is 18.5 Å². The molecule has 33 heavy (non-hydrogen) atoms. The highest BCUT2D eigenvalue weighted by Gasteiger charge is 2.47. The lowest BCUT2D eigenvalue weighted by Gasteiger charge is -2.19. The van der Waals surface area contributed by atoms with E-state index in [0.717, 1.165) is 4.90 Å². The molecule has 1 atom stereocenters. The zero-order valence-electron chi connectivity index (χ0n) is 17.1. The van der Waals surface area contributed by atoms with Crippen molar-refractivity contribution >= 4 is 41.2 Å². The number of fused-ring (bicyclic) bond motifs is 1. The molecule has 1 aliphatic rings. The molecule has 4 heterocycles. The van der Waals surface area contributed by atoms with E-state index in [0.29, 0.717) is 21.9 Å². The highest BCUT2D eigenvalue weighted by atomic mass is 35.5. The Morgan fingerprint density at radius 3 is 2.97 bits per heavy atom. The fourth-order valence-electron chi connectivity index (χ4n) is 3.53. The lowest BCUT2D eigenvalue weighted by atomic mass is 10.1. The number of alkyl halides is 2. The van der Waals surface area contributed by atoms with Crippen molar-refractivity contribution in [1.82, 2.24) is 24.6 Å². The van der Waals surface area contributed by atoms with Crippen molar-refractivity contribution in [2.24, 2.45) is 0 Å². The Bertz CT molecular complexity index is 1300. The van der Waals surface area contributed by atoms with E-state index in [4.69, 9.17) is 16.9 Å². The normalized spacial score (nSPS) is 17.4. The largest absolute Gasteiger partial charge is 0.343 e. The maximum atomic E-state index is 13.6. The van der Waals surface area contributed by atoms with E-state index in [-0.39, 0.29) is 5.56 Å². The number of hydrogen-bond donors (Lipinski definition) is 1. The van der Waals surface area contributed by atoms with Crippen molar-refractivity contribution in [1.29, 1.82) is 5.26 Å². The third-order valence-electron chi connectivity index (χ3n) is 5.11. The van der Waals surface area contributed by atoms with Gasteiger partial charge in [-0.15, -0.1) is 0 Å². The van der Waals surface area contributed by atoms with Crippen LogP contribution in [0.2, 0.25) is 5.02 Å². The van der Waals surface area contributed by atoms with E-state index in [2.05, 4.69) is 15.3 Å². The lowest BCUT2D eigenvalue weighted by molar-refractivity contribution is -0.131. The number of nitrogens with zero attached hydrogens (tertiary/aromatic N) is 5. The van der Waals surface area contributed by atoms with Crippen LogP contribution in [0, 0.1) is 11.3 Å². The number of nitriles is 1. The first-order chi connectivity index (χ1) is 15.8. The zero-order chi connectivity index (χ0) is 23.6. The minimum atomic E-state index is -3.12. The Morgan fingerprint density at radius 2 is 2.18 bits per heavy atom. The van der Waals surface area contributed by atoms with Crippen LogP contribution in [0.5, 0.6) is 0 Å². The van der Waals surface area contributed by atoms with Crippen LogP contribution in [-0.2, 0) is 4.79 Å². The number of carbonyl (C=O) groups excluding carboxylic acids is 2. The fourth-order valence-corrected chi connectivity index (χ4v) is 3.68. The van der Waals surface area contributed by atoms with Crippen molar-refractivity contribution in [3.05, 3.63) is 64.8 Å². The van der Waals surface area contributed by atoms with Crippen LogP contribution >= 0.6 is 11.6 Å². The first kappa shape index (κ1) is 22.4. The number of imidazole rings is 1. The smallest absolute Gasteiger partial charge is 0.268 e. The molecular formula is C22H17ClF2N6O2. The molecule has 0 aromatic carbocycles. The summed E-state index contributed by atoms with van der Waals surface area (Å²) in [4.78, 5) is 34.2. The molecule has 11 heteroatoms. The molecule has 0 bridgehead atoms. The molecule has 1 saturated heterocycles. The van der Waals surface area contributed by atoms with Gasteiger partial charge >= 0.3 is 0 Å². The summed E-state index contributed by atoms with van der Waals surface area (Å²) in [5.74, 6) is -4.44. The molecule has 8 nitrogen and oxygen atoms in total. The summed E-state index contributed by atoms with van der Waals surface area (Å²) in [7, 11) is 0. The minimum Gasteiger partial charge on any atom is -0.343 e. The molecule has 1 fully saturated rings. The van der Waals surface area contributed by atoms with Crippen molar-refractivity contribution in [2.45, 2.75) is 18.4 Å². The second-order valence-corrected chi connectivity index (χ2v) is 7.92. The van der Waals surface area contributed by atoms with Crippen LogP contribution in [0.4, 0.5) is 8.78 Å². The number of hydrogen-bond acceptors (Lipinski definition) is 5. The van der Waals surface area contributed by atoms with Crippen LogP contribution in [0.3, 0.4) is 0 Å². The third kappa shape index (κ3) is 4.99. The van der Waals surface area contributed by atoms with Gasteiger partial charge in [0.15, 0.2) is 0 Å². The van der Waals surface area contributed by atoms with E-state index in [9.17, 15) is 18.4 Å². The number of carbonyl (C=O) groups is 2.